The predicted octanol–water partition coefficient (Wildman–Crippen LogP) is 3.29. The lowest BCUT2D eigenvalue weighted by Crippen LogP contribution is -2.24. The molecule has 0 bridgehead atoms. The highest BCUT2D eigenvalue weighted by atomic mass is 16.5. The summed E-state index contributed by atoms with van der Waals surface area (Å²) < 4.78 is 11.0. The van der Waals surface area contributed by atoms with Gasteiger partial charge in [0.1, 0.15) is 29.4 Å². The Hall–Kier alpha value is -2.90. The monoisotopic (exact) mass is 367 g/mol. The molecule has 0 aliphatic heterocycles. The molecule has 2 N–H and O–H groups in total. The number of hydrogen-bond acceptors (Lipinski definition) is 7. The van der Waals surface area contributed by atoms with Crippen LogP contribution in [0.1, 0.15) is 66.1 Å². The molecule has 3 aromatic rings. The zero-order chi connectivity index (χ0) is 18.6. The van der Waals surface area contributed by atoms with E-state index in [4.69, 9.17) is 8.94 Å². The van der Waals surface area contributed by atoms with Crippen LogP contribution in [-0.4, -0.2) is 26.6 Å². The molecule has 140 valence electrons. The fourth-order valence-electron chi connectivity index (χ4n) is 3.24. The fourth-order valence-corrected chi connectivity index (χ4v) is 3.24. The van der Waals surface area contributed by atoms with E-state index >= 15 is 0 Å². The molecule has 2 aliphatic rings. The van der Waals surface area contributed by atoms with Crippen molar-refractivity contribution in [2.45, 2.75) is 57.5 Å². The molecule has 0 aromatic carbocycles. The van der Waals surface area contributed by atoms with Crippen LogP contribution in [0.4, 0.5) is 5.82 Å². The molecular formula is C19H21N5O3. The van der Waals surface area contributed by atoms with Crippen molar-refractivity contribution in [3.63, 3.8) is 0 Å². The first-order chi connectivity index (χ1) is 13.0. The van der Waals surface area contributed by atoms with E-state index in [1.807, 2.05) is 6.07 Å². The van der Waals surface area contributed by atoms with Crippen LogP contribution in [0.2, 0.25) is 0 Å². The topological polar surface area (TPSA) is 106 Å². The van der Waals surface area contributed by atoms with Gasteiger partial charge in [-0.15, -0.1) is 0 Å². The number of hydrogen-bond donors (Lipinski definition) is 2. The number of amides is 1. The summed E-state index contributed by atoms with van der Waals surface area (Å²) in [6, 6.07) is 1.92. The Labute approximate surface area is 155 Å². The third-order valence-corrected chi connectivity index (χ3v) is 5.30. The zero-order valence-corrected chi connectivity index (χ0v) is 15.3. The van der Waals surface area contributed by atoms with Crippen LogP contribution >= 0.6 is 0 Å². The van der Waals surface area contributed by atoms with Crippen molar-refractivity contribution < 1.29 is 13.7 Å². The van der Waals surface area contributed by atoms with Crippen molar-refractivity contribution in [2.75, 3.05) is 5.32 Å². The van der Waals surface area contributed by atoms with Crippen molar-refractivity contribution in [1.82, 2.24) is 20.4 Å². The lowest BCUT2D eigenvalue weighted by molar-refractivity contribution is 0.0950. The highest BCUT2D eigenvalue weighted by Gasteiger charge is 2.38. The summed E-state index contributed by atoms with van der Waals surface area (Å²) in [5, 5.41) is 11.0. The van der Waals surface area contributed by atoms with Gasteiger partial charge in [-0.05, 0) is 39.5 Å². The third-order valence-electron chi connectivity index (χ3n) is 5.30. The molecule has 3 heterocycles. The highest BCUT2D eigenvalue weighted by Crippen LogP contribution is 2.41. The van der Waals surface area contributed by atoms with E-state index in [2.05, 4.69) is 32.7 Å². The number of furan rings is 1. The molecule has 8 heteroatoms. The molecule has 5 rings (SSSR count). The lowest BCUT2D eigenvalue weighted by atomic mass is 10.1. The predicted molar refractivity (Wildman–Crippen MR) is 97.5 cm³/mol. The molecule has 0 saturated heterocycles. The highest BCUT2D eigenvalue weighted by molar-refractivity contribution is 6.10. The lowest BCUT2D eigenvalue weighted by Gasteiger charge is -2.13. The Morgan fingerprint density at radius 1 is 1.33 bits per heavy atom. The molecule has 2 fully saturated rings. The van der Waals surface area contributed by atoms with Gasteiger partial charge in [0.2, 0.25) is 5.71 Å². The van der Waals surface area contributed by atoms with Gasteiger partial charge in [-0.25, -0.2) is 9.97 Å². The molecule has 2 aliphatic carbocycles. The smallest absolute Gasteiger partial charge is 0.255 e. The minimum absolute atomic E-state index is 0.0279. The maximum absolute atomic E-state index is 12.9. The second-order valence-corrected chi connectivity index (χ2v) is 7.80. The number of rotatable bonds is 6. The number of aromatic nitrogens is 3. The summed E-state index contributed by atoms with van der Waals surface area (Å²) in [6.07, 6.45) is 5.90. The van der Waals surface area contributed by atoms with Gasteiger partial charge in [-0.3, -0.25) is 4.79 Å². The Morgan fingerprint density at radius 3 is 2.89 bits per heavy atom. The number of carbonyl (C=O) groups is 1. The van der Waals surface area contributed by atoms with Gasteiger partial charge in [-0.1, -0.05) is 5.16 Å². The van der Waals surface area contributed by atoms with Gasteiger partial charge in [0, 0.05) is 17.5 Å². The van der Waals surface area contributed by atoms with E-state index in [1.165, 1.54) is 6.33 Å². The second-order valence-electron chi connectivity index (χ2n) is 7.80. The molecule has 0 unspecified atom stereocenters. The number of anilines is 1. The summed E-state index contributed by atoms with van der Waals surface area (Å²) in [5.41, 5.74) is 1.62. The van der Waals surface area contributed by atoms with Crippen molar-refractivity contribution in [3.05, 3.63) is 35.2 Å². The molecule has 27 heavy (non-hydrogen) atoms. The Morgan fingerprint density at radius 2 is 2.15 bits per heavy atom. The maximum Gasteiger partial charge on any atom is 0.255 e. The van der Waals surface area contributed by atoms with E-state index in [9.17, 15) is 4.79 Å². The number of carbonyl (C=O) groups excluding carboxylic acids is 1. The number of nitrogens with zero attached hydrogens (tertiary/aromatic N) is 3. The largest absolute Gasteiger partial charge is 0.442 e. The second kappa shape index (κ2) is 5.80. The molecule has 3 aromatic heterocycles. The molecule has 0 radical (unpaired) electrons. The van der Waals surface area contributed by atoms with Gasteiger partial charge in [-0.2, -0.15) is 0 Å². The minimum Gasteiger partial charge on any atom is -0.442 e. The van der Waals surface area contributed by atoms with Crippen molar-refractivity contribution >= 4 is 22.8 Å². The van der Waals surface area contributed by atoms with Crippen LogP contribution in [0.25, 0.3) is 11.1 Å². The summed E-state index contributed by atoms with van der Waals surface area (Å²) in [4.78, 5) is 21.4. The summed E-state index contributed by atoms with van der Waals surface area (Å²) in [7, 11) is 0. The first-order valence-electron chi connectivity index (χ1n) is 9.28. The fraction of sp³-hybridized carbons (Fsp3) is 0.474. The van der Waals surface area contributed by atoms with Crippen LogP contribution in [0.5, 0.6) is 0 Å². The molecular weight excluding hydrogens is 346 g/mol. The quantitative estimate of drug-likeness (QED) is 0.688. The van der Waals surface area contributed by atoms with Gasteiger partial charge in [0.25, 0.3) is 5.91 Å². The van der Waals surface area contributed by atoms with E-state index in [-0.39, 0.29) is 11.4 Å². The van der Waals surface area contributed by atoms with E-state index in [0.717, 1.165) is 37.1 Å². The van der Waals surface area contributed by atoms with Crippen LogP contribution < -0.4 is 10.6 Å². The SMILES string of the molecule is Cc1oc2ncnc(NC3(C)CC3)c2c1C(=O)NCc1cc(C2CC2)on1. The molecule has 8 nitrogen and oxygen atoms in total. The average molecular weight is 367 g/mol. The van der Waals surface area contributed by atoms with E-state index in [1.54, 1.807) is 6.92 Å². The zero-order valence-electron chi connectivity index (χ0n) is 15.3. The number of fused-ring (bicyclic) bond motifs is 1. The van der Waals surface area contributed by atoms with Gasteiger partial charge in [0.05, 0.1) is 17.5 Å². The summed E-state index contributed by atoms with van der Waals surface area (Å²) >= 11 is 0. The van der Waals surface area contributed by atoms with Crippen LogP contribution in [-0.2, 0) is 6.54 Å². The molecule has 0 atom stereocenters. The van der Waals surface area contributed by atoms with Crippen molar-refractivity contribution in [1.29, 1.82) is 0 Å². The van der Waals surface area contributed by atoms with Crippen LogP contribution in [0, 0.1) is 6.92 Å². The van der Waals surface area contributed by atoms with E-state index < -0.39 is 0 Å². The van der Waals surface area contributed by atoms with Crippen LogP contribution in [0.15, 0.2) is 21.3 Å². The molecule has 1 amide bonds. The van der Waals surface area contributed by atoms with Gasteiger partial charge in [0.15, 0.2) is 0 Å². The van der Waals surface area contributed by atoms with Gasteiger partial charge < -0.3 is 19.6 Å². The Kier molecular flexibility index (Phi) is 3.50. The Bertz CT molecular complexity index is 1030. The first kappa shape index (κ1) is 16.3. The molecule has 0 spiro atoms. The number of aryl methyl sites for hydroxylation is 1. The minimum atomic E-state index is -0.235. The standard InChI is InChI=1S/C19H21N5O3/c1-10-14(17(25)20-8-12-7-13(27-24-12)11-3-4-11)15-16(23-19(2)5-6-19)21-9-22-18(15)26-10/h7,9,11H,3-6,8H2,1-2H3,(H,20,25)(H,21,22,23). The average Bonchev–Trinajstić information content (AvgIpc) is 3.53. The van der Waals surface area contributed by atoms with Crippen LogP contribution in [0.3, 0.4) is 0 Å². The summed E-state index contributed by atoms with van der Waals surface area (Å²) in [6.45, 7) is 4.20. The van der Waals surface area contributed by atoms with Gasteiger partial charge >= 0.3 is 0 Å². The molecule has 2 saturated carbocycles. The third kappa shape index (κ3) is 3.05. The van der Waals surface area contributed by atoms with E-state index in [0.29, 0.717) is 40.7 Å². The number of nitrogens with one attached hydrogen (secondary N) is 2. The first-order valence-corrected chi connectivity index (χ1v) is 9.28. The van der Waals surface area contributed by atoms with Crippen molar-refractivity contribution in [2.24, 2.45) is 0 Å². The van der Waals surface area contributed by atoms with Crippen molar-refractivity contribution in [3.8, 4) is 0 Å². The maximum atomic E-state index is 12.9. The summed E-state index contributed by atoms with van der Waals surface area (Å²) in [5.74, 6) is 2.32. The normalized spacial score (nSPS) is 17.9. The Balaban J connectivity index is 1.40.